The Kier molecular flexibility index (Phi) is 4.89. The number of aliphatic hydroxyl groups is 1. The van der Waals surface area contributed by atoms with E-state index in [1.807, 2.05) is 6.07 Å². The quantitative estimate of drug-likeness (QED) is 0.865. The van der Waals surface area contributed by atoms with E-state index in [-0.39, 0.29) is 29.8 Å². The minimum Gasteiger partial charge on any atom is -0.394 e. The molecule has 1 unspecified atom stereocenters. The number of amides is 1. The zero-order valence-corrected chi connectivity index (χ0v) is 13.0. The van der Waals surface area contributed by atoms with Gasteiger partial charge in [0.15, 0.2) is 5.69 Å². The topological polar surface area (TPSA) is 87.0 Å². The SMILES string of the molecule is O=C(c1cc(C(F)F)[nH]n1)N1CCCC(c2ccn(CCO)n2)C1. The van der Waals surface area contributed by atoms with Gasteiger partial charge in [0, 0.05) is 25.2 Å². The zero-order chi connectivity index (χ0) is 17.1. The second kappa shape index (κ2) is 7.08. The highest BCUT2D eigenvalue weighted by Gasteiger charge is 2.28. The van der Waals surface area contributed by atoms with Crippen LogP contribution in [0.4, 0.5) is 8.78 Å². The Balaban J connectivity index is 1.68. The van der Waals surface area contributed by atoms with Crippen molar-refractivity contribution in [3.05, 3.63) is 35.4 Å². The summed E-state index contributed by atoms with van der Waals surface area (Å²) in [6, 6.07) is 2.99. The first-order valence-electron chi connectivity index (χ1n) is 7.85. The highest BCUT2D eigenvalue weighted by atomic mass is 19.3. The second-order valence-electron chi connectivity index (χ2n) is 5.83. The van der Waals surface area contributed by atoms with Crippen LogP contribution in [0.15, 0.2) is 18.3 Å². The van der Waals surface area contributed by atoms with Crippen molar-refractivity contribution in [2.24, 2.45) is 0 Å². The predicted molar refractivity (Wildman–Crippen MR) is 80.7 cm³/mol. The van der Waals surface area contributed by atoms with Crippen molar-refractivity contribution in [1.29, 1.82) is 0 Å². The molecule has 0 bridgehead atoms. The molecule has 2 aromatic heterocycles. The molecule has 3 heterocycles. The predicted octanol–water partition coefficient (Wildman–Crippen LogP) is 1.56. The van der Waals surface area contributed by atoms with Gasteiger partial charge in [0.25, 0.3) is 12.3 Å². The van der Waals surface area contributed by atoms with Crippen molar-refractivity contribution in [1.82, 2.24) is 24.9 Å². The van der Waals surface area contributed by atoms with Gasteiger partial charge in [-0.3, -0.25) is 14.6 Å². The molecule has 7 nitrogen and oxygen atoms in total. The lowest BCUT2D eigenvalue weighted by Crippen LogP contribution is -2.39. The fraction of sp³-hybridized carbons (Fsp3) is 0.533. The molecule has 1 atom stereocenters. The number of likely N-dealkylation sites (tertiary alicyclic amines) is 1. The average molecular weight is 339 g/mol. The number of carbonyl (C=O) groups excluding carboxylic acids is 1. The number of nitrogens with zero attached hydrogens (tertiary/aromatic N) is 4. The molecule has 1 amide bonds. The van der Waals surface area contributed by atoms with Gasteiger partial charge in [-0.15, -0.1) is 0 Å². The van der Waals surface area contributed by atoms with Crippen LogP contribution in [0.3, 0.4) is 0 Å². The van der Waals surface area contributed by atoms with Crippen molar-refractivity contribution in [3.63, 3.8) is 0 Å². The standard InChI is InChI=1S/C15H19F2N5O2/c16-14(17)12-8-13(19-18-12)15(24)21-4-1-2-10(9-21)11-3-5-22(20-11)6-7-23/h3,5,8,10,14,23H,1-2,4,6-7,9H2,(H,18,19). The lowest BCUT2D eigenvalue weighted by Gasteiger charge is -2.31. The summed E-state index contributed by atoms with van der Waals surface area (Å²) in [5.74, 6) is -0.256. The maximum atomic E-state index is 12.6. The summed E-state index contributed by atoms with van der Waals surface area (Å²) < 4.78 is 26.9. The minimum absolute atomic E-state index is 0.0109. The third-order valence-electron chi connectivity index (χ3n) is 4.17. The van der Waals surface area contributed by atoms with Gasteiger partial charge in [-0.25, -0.2) is 8.78 Å². The highest BCUT2D eigenvalue weighted by molar-refractivity contribution is 5.92. The number of alkyl halides is 2. The Morgan fingerprint density at radius 2 is 2.33 bits per heavy atom. The van der Waals surface area contributed by atoms with E-state index in [0.29, 0.717) is 19.6 Å². The summed E-state index contributed by atoms with van der Waals surface area (Å²) in [6.07, 6.45) is 0.844. The normalized spacial score (nSPS) is 18.3. The number of piperidine rings is 1. The first kappa shape index (κ1) is 16.6. The fourth-order valence-corrected chi connectivity index (χ4v) is 2.95. The van der Waals surface area contributed by atoms with Gasteiger partial charge in [-0.1, -0.05) is 0 Å². The zero-order valence-electron chi connectivity index (χ0n) is 13.0. The van der Waals surface area contributed by atoms with Gasteiger partial charge >= 0.3 is 0 Å². The molecule has 0 spiro atoms. The van der Waals surface area contributed by atoms with Gasteiger partial charge in [0.1, 0.15) is 5.69 Å². The Labute approximate surface area is 137 Å². The van der Waals surface area contributed by atoms with Crippen LogP contribution in [0, 0.1) is 0 Å². The Morgan fingerprint density at radius 1 is 1.50 bits per heavy atom. The third kappa shape index (κ3) is 3.45. The molecule has 1 fully saturated rings. The second-order valence-corrected chi connectivity index (χ2v) is 5.83. The summed E-state index contributed by atoms with van der Waals surface area (Å²) in [5.41, 5.74) is 0.530. The van der Waals surface area contributed by atoms with Gasteiger partial charge in [0.2, 0.25) is 0 Å². The molecule has 1 aliphatic rings. The molecule has 0 aromatic carbocycles. The van der Waals surface area contributed by atoms with Gasteiger partial charge < -0.3 is 10.0 Å². The maximum Gasteiger partial charge on any atom is 0.279 e. The van der Waals surface area contributed by atoms with E-state index in [0.717, 1.165) is 24.6 Å². The van der Waals surface area contributed by atoms with Crippen LogP contribution in [0.2, 0.25) is 0 Å². The Bertz CT molecular complexity index is 700. The lowest BCUT2D eigenvalue weighted by molar-refractivity contribution is 0.0699. The number of H-pyrrole nitrogens is 1. The number of nitrogens with one attached hydrogen (secondary N) is 1. The largest absolute Gasteiger partial charge is 0.394 e. The van der Waals surface area contributed by atoms with E-state index in [9.17, 15) is 13.6 Å². The van der Waals surface area contributed by atoms with E-state index < -0.39 is 6.43 Å². The van der Waals surface area contributed by atoms with Crippen LogP contribution < -0.4 is 0 Å². The number of carbonyl (C=O) groups is 1. The van der Waals surface area contributed by atoms with Crippen LogP contribution in [0.25, 0.3) is 0 Å². The van der Waals surface area contributed by atoms with Crippen molar-refractivity contribution >= 4 is 5.91 Å². The summed E-state index contributed by atoms with van der Waals surface area (Å²) >= 11 is 0. The van der Waals surface area contributed by atoms with E-state index in [2.05, 4.69) is 15.3 Å². The first-order valence-corrected chi connectivity index (χ1v) is 7.85. The van der Waals surface area contributed by atoms with E-state index in [4.69, 9.17) is 5.11 Å². The van der Waals surface area contributed by atoms with E-state index in [1.54, 1.807) is 15.8 Å². The molecule has 1 aliphatic heterocycles. The van der Waals surface area contributed by atoms with Gasteiger partial charge in [-0.2, -0.15) is 10.2 Å². The van der Waals surface area contributed by atoms with Crippen molar-refractivity contribution in [3.8, 4) is 0 Å². The molecule has 0 radical (unpaired) electrons. The third-order valence-corrected chi connectivity index (χ3v) is 4.17. The molecule has 3 rings (SSSR count). The van der Waals surface area contributed by atoms with Crippen LogP contribution in [0.1, 0.15) is 47.1 Å². The maximum absolute atomic E-state index is 12.6. The van der Waals surface area contributed by atoms with E-state index >= 15 is 0 Å². The van der Waals surface area contributed by atoms with Crippen LogP contribution >= 0.6 is 0 Å². The summed E-state index contributed by atoms with van der Waals surface area (Å²) in [5, 5.41) is 19.3. The first-order chi connectivity index (χ1) is 11.6. The molecule has 2 aromatic rings. The molecule has 0 aliphatic carbocycles. The lowest BCUT2D eigenvalue weighted by atomic mass is 9.95. The van der Waals surface area contributed by atoms with Gasteiger partial charge in [-0.05, 0) is 25.0 Å². The monoisotopic (exact) mass is 339 g/mol. The number of hydrogen-bond acceptors (Lipinski definition) is 4. The number of aliphatic hydroxyl groups excluding tert-OH is 1. The molecule has 130 valence electrons. The minimum atomic E-state index is -2.68. The fourth-order valence-electron chi connectivity index (χ4n) is 2.95. The van der Waals surface area contributed by atoms with Crippen LogP contribution in [-0.4, -0.2) is 55.6 Å². The van der Waals surface area contributed by atoms with Gasteiger partial charge in [0.05, 0.1) is 18.8 Å². The van der Waals surface area contributed by atoms with Crippen LogP contribution in [0.5, 0.6) is 0 Å². The average Bonchev–Trinajstić information content (AvgIpc) is 3.24. The summed E-state index contributed by atoms with van der Waals surface area (Å²) in [7, 11) is 0. The number of hydrogen-bond donors (Lipinski definition) is 2. The smallest absolute Gasteiger partial charge is 0.279 e. The number of aromatic amines is 1. The van der Waals surface area contributed by atoms with Crippen LogP contribution in [-0.2, 0) is 6.54 Å². The molecule has 9 heteroatoms. The molecule has 1 saturated heterocycles. The molecular formula is C15H19F2N5O2. The Morgan fingerprint density at radius 3 is 3.04 bits per heavy atom. The highest BCUT2D eigenvalue weighted by Crippen LogP contribution is 2.27. The van der Waals surface area contributed by atoms with Crippen molar-refractivity contribution in [2.45, 2.75) is 31.7 Å². The number of aromatic nitrogens is 4. The number of rotatable bonds is 5. The summed E-state index contributed by atoms with van der Waals surface area (Å²) in [6.45, 7) is 1.50. The Hall–Kier alpha value is -2.29. The number of halogens is 2. The molecule has 2 N–H and O–H groups in total. The molecule has 0 saturated carbocycles. The molecular weight excluding hydrogens is 320 g/mol. The van der Waals surface area contributed by atoms with Crippen molar-refractivity contribution < 1.29 is 18.7 Å². The van der Waals surface area contributed by atoms with Crippen molar-refractivity contribution in [2.75, 3.05) is 19.7 Å². The molecule has 24 heavy (non-hydrogen) atoms. The van der Waals surface area contributed by atoms with E-state index in [1.165, 1.54) is 0 Å². The summed E-state index contributed by atoms with van der Waals surface area (Å²) in [4.78, 5) is 14.1.